The average molecular weight is 414 g/mol. The van der Waals surface area contributed by atoms with Crippen molar-refractivity contribution in [3.05, 3.63) is 41.5 Å². The lowest BCUT2D eigenvalue weighted by Crippen LogP contribution is -2.41. The maximum absolute atomic E-state index is 13.3. The number of rotatable bonds is 6. The van der Waals surface area contributed by atoms with Gasteiger partial charge in [0.1, 0.15) is 0 Å². The summed E-state index contributed by atoms with van der Waals surface area (Å²) in [6, 6.07) is 9.21. The lowest BCUT2D eigenvalue weighted by molar-refractivity contribution is -0.172. The second-order valence-electron chi connectivity index (χ2n) is 7.58. The van der Waals surface area contributed by atoms with Crippen LogP contribution in [0.4, 0.5) is 0 Å². The minimum atomic E-state index is -1.58. The smallest absolute Gasteiger partial charge is 0.323 e. The van der Waals surface area contributed by atoms with E-state index in [1.54, 1.807) is 19.9 Å². The topological polar surface area (TPSA) is 96.0 Å². The third kappa shape index (κ3) is 3.64. The number of ketones is 1. The van der Waals surface area contributed by atoms with Gasteiger partial charge in [0.25, 0.3) is 0 Å². The summed E-state index contributed by atoms with van der Waals surface area (Å²) in [5, 5.41) is 0. The van der Waals surface area contributed by atoms with Crippen LogP contribution in [0.5, 0.6) is 0 Å². The third-order valence-electron chi connectivity index (χ3n) is 5.96. The number of methoxy groups -OCH3 is 1. The molecule has 7 nitrogen and oxygen atoms in total. The number of hydrogen-bond donors (Lipinski definition) is 0. The van der Waals surface area contributed by atoms with Gasteiger partial charge in [-0.05, 0) is 44.2 Å². The van der Waals surface area contributed by atoms with Crippen molar-refractivity contribution >= 4 is 29.8 Å². The lowest BCUT2D eigenvalue weighted by atomic mass is 9.80. The van der Waals surface area contributed by atoms with Crippen molar-refractivity contribution in [2.24, 2.45) is 23.2 Å². The number of carbonyl (C=O) groups is 4. The molecule has 0 saturated heterocycles. The molecule has 0 unspecified atom stereocenters. The van der Waals surface area contributed by atoms with Crippen LogP contribution >= 0.6 is 0 Å². The van der Waals surface area contributed by atoms with E-state index in [9.17, 15) is 19.2 Å². The van der Waals surface area contributed by atoms with Gasteiger partial charge in [-0.2, -0.15) is 0 Å². The van der Waals surface area contributed by atoms with Crippen LogP contribution in [-0.4, -0.2) is 44.0 Å². The molecule has 3 rings (SSSR count). The van der Waals surface area contributed by atoms with Crippen molar-refractivity contribution < 1.29 is 33.4 Å². The molecule has 7 heteroatoms. The number of fused-ring (bicyclic) bond motifs is 1. The molecule has 0 aromatic heterocycles. The first-order chi connectivity index (χ1) is 14.4. The van der Waals surface area contributed by atoms with Gasteiger partial charge in [0.15, 0.2) is 11.2 Å². The Hall–Kier alpha value is -2.96. The van der Waals surface area contributed by atoms with Crippen LogP contribution in [0.2, 0.25) is 0 Å². The van der Waals surface area contributed by atoms with E-state index < -0.39 is 41.1 Å². The Morgan fingerprint density at radius 2 is 1.63 bits per heavy atom. The summed E-state index contributed by atoms with van der Waals surface area (Å²) in [7, 11) is 1.26. The normalized spacial score (nSPS) is 25.6. The summed E-state index contributed by atoms with van der Waals surface area (Å²) in [6.07, 6.45) is 1.67. The first-order valence-corrected chi connectivity index (χ1v) is 10.1. The zero-order chi connectivity index (χ0) is 21.9. The highest BCUT2D eigenvalue weighted by Crippen LogP contribution is 2.57. The van der Waals surface area contributed by atoms with E-state index in [4.69, 9.17) is 14.2 Å². The molecule has 2 aliphatic carbocycles. The highest BCUT2D eigenvalue weighted by Gasteiger charge is 2.65. The second kappa shape index (κ2) is 8.81. The van der Waals surface area contributed by atoms with E-state index >= 15 is 0 Å². The van der Waals surface area contributed by atoms with E-state index in [1.807, 2.05) is 30.3 Å². The molecule has 0 spiro atoms. The van der Waals surface area contributed by atoms with E-state index in [2.05, 4.69) is 0 Å². The zero-order valence-corrected chi connectivity index (χ0v) is 17.4. The Morgan fingerprint density at radius 1 is 1.03 bits per heavy atom. The van der Waals surface area contributed by atoms with Crippen LogP contribution in [0.25, 0.3) is 6.08 Å². The SMILES string of the molecule is CCOC(=O)C1(C(=O)OCC)C[C@H]2[C@@H](C1)C(=O)/C(=C\c1ccccc1)[C@@H]2C(=O)OC. The van der Waals surface area contributed by atoms with Gasteiger partial charge >= 0.3 is 17.9 Å². The number of carbonyl (C=O) groups excluding carboxylic acids is 4. The van der Waals surface area contributed by atoms with Gasteiger partial charge in [-0.3, -0.25) is 19.2 Å². The fourth-order valence-electron chi connectivity index (χ4n) is 4.66. The molecule has 160 valence electrons. The predicted molar refractivity (Wildman–Crippen MR) is 107 cm³/mol. The maximum Gasteiger partial charge on any atom is 0.323 e. The summed E-state index contributed by atoms with van der Waals surface area (Å²) in [5.41, 5.74) is -0.442. The molecule has 0 radical (unpaired) electrons. The van der Waals surface area contributed by atoms with E-state index in [0.717, 1.165) is 5.56 Å². The van der Waals surface area contributed by atoms with Gasteiger partial charge in [-0.1, -0.05) is 30.3 Å². The third-order valence-corrected chi connectivity index (χ3v) is 5.96. The Balaban J connectivity index is 2.02. The molecule has 1 aromatic carbocycles. The van der Waals surface area contributed by atoms with Crippen molar-refractivity contribution in [2.45, 2.75) is 26.7 Å². The van der Waals surface area contributed by atoms with Crippen molar-refractivity contribution in [1.29, 1.82) is 0 Å². The molecule has 2 fully saturated rings. The largest absolute Gasteiger partial charge is 0.469 e. The number of Topliss-reactive ketones (excluding diaryl/α,β-unsaturated/α-hetero) is 1. The maximum atomic E-state index is 13.3. The van der Waals surface area contributed by atoms with Gasteiger partial charge in [-0.15, -0.1) is 0 Å². The second-order valence-corrected chi connectivity index (χ2v) is 7.58. The Morgan fingerprint density at radius 3 is 2.17 bits per heavy atom. The molecule has 1 aromatic rings. The van der Waals surface area contributed by atoms with Crippen molar-refractivity contribution in [3.63, 3.8) is 0 Å². The van der Waals surface area contributed by atoms with E-state index in [1.165, 1.54) is 7.11 Å². The first-order valence-electron chi connectivity index (χ1n) is 10.1. The number of esters is 3. The zero-order valence-electron chi connectivity index (χ0n) is 17.4. The van der Waals surface area contributed by atoms with Crippen LogP contribution in [0, 0.1) is 23.2 Å². The summed E-state index contributed by atoms with van der Waals surface area (Å²) in [6.45, 7) is 3.50. The van der Waals surface area contributed by atoms with Gasteiger partial charge in [0.2, 0.25) is 0 Å². The van der Waals surface area contributed by atoms with Crippen molar-refractivity contribution in [1.82, 2.24) is 0 Å². The molecule has 0 aliphatic heterocycles. The summed E-state index contributed by atoms with van der Waals surface area (Å²) < 4.78 is 15.3. The van der Waals surface area contributed by atoms with Crippen molar-refractivity contribution in [2.75, 3.05) is 20.3 Å². The fourth-order valence-corrected chi connectivity index (χ4v) is 4.66. The molecule has 0 N–H and O–H groups in total. The van der Waals surface area contributed by atoms with E-state index in [-0.39, 0.29) is 31.8 Å². The Kier molecular flexibility index (Phi) is 6.39. The number of benzene rings is 1. The number of ether oxygens (including phenoxy) is 3. The van der Waals surface area contributed by atoms with E-state index in [0.29, 0.717) is 5.57 Å². The molecular formula is C23H26O7. The van der Waals surface area contributed by atoms with Crippen LogP contribution in [-0.2, 0) is 33.4 Å². The molecule has 0 amide bonds. The lowest BCUT2D eigenvalue weighted by Gasteiger charge is -2.26. The van der Waals surface area contributed by atoms with Gasteiger partial charge in [0, 0.05) is 11.5 Å². The monoisotopic (exact) mass is 414 g/mol. The van der Waals surface area contributed by atoms with Gasteiger partial charge in [-0.25, -0.2) is 0 Å². The Labute approximate surface area is 175 Å². The molecule has 0 heterocycles. The summed E-state index contributed by atoms with van der Waals surface area (Å²) in [5.74, 6) is -4.24. The molecule has 3 atom stereocenters. The van der Waals surface area contributed by atoms with Gasteiger partial charge in [0.05, 0.1) is 26.2 Å². The summed E-state index contributed by atoms with van der Waals surface area (Å²) >= 11 is 0. The highest BCUT2D eigenvalue weighted by molar-refractivity contribution is 6.11. The Bertz CT molecular complexity index is 853. The predicted octanol–water partition coefficient (Wildman–Crippen LogP) is 2.58. The molecule has 2 saturated carbocycles. The minimum absolute atomic E-state index is 0.00691. The molecule has 2 aliphatic rings. The fraction of sp³-hybridized carbons (Fsp3) is 0.478. The van der Waals surface area contributed by atoms with Crippen LogP contribution in [0.15, 0.2) is 35.9 Å². The van der Waals surface area contributed by atoms with Gasteiger partial charge < -0.3 is 14.2 Å². The van der Waals surface area contributed by atoms with Crippen LogP contribution in [0.3, 0.4) is 0 Å². The quantitative estimate of drug-likeness (QED) is 0.305. The van der Waals surface area contributed by atoms with Crippen molar-refractivity contribution in [3.8, 4) is 0 Å². The first kappa shape index (κ1) is 21.7. The van der Waals surface area contributed by atoms with Crippen LogP contribution < -0.4 is 0 Å². The summed E-state index contributed by atoms with van der Waals surface area (Å²) in [4.78, 5) is 51.5. The average Bonchev–Trinajstić information content (AvgIpc) is 3.25. The molecule has 30 heavy (non-hydrogen) atoms. The standard InChI is InChI=1S/C23H26O7/c1-4-29-21(26)23(22(27)30-5-2)12-16-17(13-23)19(24)15(18(16)20(25)28-3)11-14-9-7-6-8-10-14/h6-11,16-18H,4-5,12-13H2,1-3H3/b15-11-/t16-,17+,18-/m0/s1. The number of hydrogen-bond acceptors (Lipinski definition) is 7. The highest BCUT2D eigenvalue weighted by atomic mass is 16.6. The molecular weight excluding hydrogens is 388 g/mol. The van der Waals surface area contributed by atoms with Crippen LogP contribution in [0.1, 0.15) is 32.3 Å². The minimum Gasteiger partial charge on any atom is -0.469 e. The molecule has 0 bridgehead atoms.